The van der Waals surface area contributed by atoms with Crippen LogP contribution in [0.15, 0.2) is 41.2 Å². The van der Waals surface area contributed by atoms with Crippen LogP contribution in [-0.2, 0) is 24.3 Å². The SMILES string of the molecule is Cc1ccc2[nH]c3c(c2c1)CN(C(=O)CN1C[C@@H]2C[C@H](C1)c1cccc(=O)n1C2)CC3. The van der Waals surface area contributed by atoms with Gasteiger partial charge < -0.3 is 14.5 Å². The molecule has 2 aromatic heterocycles. The van der Waals surface area contributed by atoms with Crippen molar-refractivity contribution in [2.75, 3.05) is 26.2 Å². The summed E-state index contributed by atoms with van der Waals surface area (Å²) in [4.78, 5) is 33.4. The number of aromatic amines is 1. The van der Waals surface area contributed by atoms with Crippen molar-refractivity contribution >= 4 is 16.8 Å². The molecule has 3 aromatic rings. The van der Waals surface area contributed by atoms with E-state index in [0.29, 0.717) is 24.9 Å². The Morgan fingerprint density at radius 1 is 1.16 bits per heavy atom. The molecular formula is C25H28N4O2. The molecule has 0 spiro atoms. The Morgan fingerprint density at radius 3 is 2.97 bits per heavy atom. The molecule has 0 unspecified atom stereocenters. The quantitative estimate of drug-likeness (QED) is 0.699. The third-order valence-corrected chi connectivity index (χ3v) is 7.40. The Hall–Kier alpha value is -2.86. The van der Waals surface area contributed by atoms with Crippen molar-refractivity contribution in [2.24, 2.45) is 5.92 Å². The molecule has 2 atom stereocenters. The summed E-state index contributed by atoms with van der Waals surface area (Å²) >= 11 is 0. The van der Waals surface area contributed by atoms with E-state index >= 15 is 0 Å². The minimum atomic E-state index is 0.106. The van der Waals surface area contributed by atoms with Gasteiger partial charge in [0.15, 0.2) is 0 Å². The number of carbonyl (C=O) groups is 1. The molecule has 0 aliphatic carbocycles. The van der Waals surface area contributed by atoms with E-state index in [1.807, 2.05) is 15.5 Å². The minimum Gasteiger partial charge on any atom is -0.358 e. The van der Waals surface area contributed by atoms with E-state index in [1.54, 1.807) is 6.07 Å². The van der Waals surface area contributed by atoms with Crippen molar-refractivity contribution in [2.45, 2.75) is 38.8 Å². The van der Waals surface area contributed by atoms with E-state index in [4.69, 9.17) is 0 Å². The summed E-state index contributed by atoms with van der Waals surface area (Å²) in [6.45, 7) is 6.58. The molecule has 1 fully saturated rings. The van der Waals surface area contributed by atoms with Crippen LogP contribution in [0.1, 0.15) is 34.9 Å². The number of piperidine rings is 1. The number of nitrogens with zero attached hydrogens (tertiary/aromatic N) is 3. The maximum atomic E-state index is 13.2. The first-order valence-electron chi connectivity index (χ1n) is 11.3. The maximum Gasteiger partial charge on any atom is 0.250 e. The normalized spacial score (nSPS) is 22.9. The lowest BCUT2D eigenvalue weighted by molar-refractivity contribution is -0.134. The number of aryl methyl sites for hydroxylation is 1. The maximum absolute atomic E-state index is 13.2. The van der Waals surface area contributed by atoms with Crippen LogP contribution in [0.3, 0.4) is 0 Å². The molecule has 31 heavy (non-hydrogen) atoms. The number of hydrogen-bond donors (Lipinski definition) is 1. The fourth-order valence-corrected chi connectivity index (χ4v) is 5.96. The number of H-pyrrole nitrogens is 1. The lowest BCUT2D eigenvalue weighted by Gasteiger charge is -2.43. The summed E-state index contributed by atoms with van der Waals surface area (Å²) < 4.78 is 1.95. The van der Waals surface area contributed by atoms with Gasteiger partial charge in [0.2, 0.25) is 5.91 Å². The summed E-state index contributed by atoms with van der Waals surface area (Å²) in [5.74, 6) is 1.01. The van der Waals surface area contributed by atoms with Crippen molar-refractivity contribution in [3.8, 4) is 0 Å². The van der Waals surface area contributed by atoms with Gasteiger partial charge in [0.25, 0.3) is 5.56 Å². The van der Waals surface area contributed by atoms with Crippen LogP contribution in [0.5, 0.6) is 0 Å². The predicted octanol–water partition coefficient (Wildman–Crippen LogP) is 2.64. The van der Waals surface area contributed by atoms with Crippen LogP contribution in [0.25, 0.3) is 10.9 Å². The molecule has 160 valence electrons. The standard InChI is InChI=1S/C25H28N4O2/c1-16-5-6-21-19(9-16)20-14-28(8-7-22(20)26-21)25(31)15-27-11-17-10-18(13-27)23-3-2-4-24(30)29(23)12-17/h2-6,9,17-18,26H,7-8,10-15H2,1H3/t17-,18+/m0/s1. The van der Waals surface area contributed by atoms with Crippen LogP contribution >= 0.6 is 0 Å². The van der Waals surface area contributed by atoms with Crippen molar-refractivity contribution in [3.63, 3.8) is 0 Å². The van der Waals surface area contributed by atoms with Crippen LogP contribution in [0, 0.1) is 12.8 Å². The minimum absolute atomic E-state index is 0.106. The number of nitrogens with one attached hydrogen (secondary N) is 1. The Morgan fingerprint density at radius 2 is 2.06 bits per heavy atom. The molecule has 5 heterocycles. The summed E-state index contributed by atoms with van der Waals surface area (Å²) in [5.41, 5.74) is 6.22. The number of hydrogen-bond acceptors (Lipinski definition) is 3. The molecular weight excluding hydrogens is 388 g/mol. The van der Waals surface area contributed by atoms with Gasteiger partial charge >= 0.3 is 0 Å². The molecule has 6 nitrogen and oxygen atoms in total. The van der Waals surface area contributed by atoms with Crippen molar-refractivity contribution < 1.29 is 4.79 Å². The zero-order valence-electron chi connectivity index (χ0n) is 17.9. The van der Waals surface area contributed by atoms with E-state index in [-0.39, 0.29) is 11.5 Å². The second kappa shape index (κ2) is 7.09. The van der Waals surface area contributed by atoms with E-state index in [0.717, 1.165) is 44.7 Å². The first kappa shape index (κ1) is 18.9. The molecule has 3 aliphatic heterocycles. The summed E-state index contributed by atoms with van der Waals surface area (Å²) in [7, 11) is 0. The summed E-state index contributed by atoms with van der Waals surface area (Å²) in [6.07, 6.45) is 2.01. The van der Waals surface area contributed by atoms with Gasteiger partial charge in [-0.3, -0.25) is 14.5 Å². The Bertz CT molecular complexity index is 1240. The van der Waals surface area contributed by atoms with E-state index in [2.05, 4.69) is 41.1 Å². The lowest BCUT2D eigenvalue weighted by atomic mass is 9.83. The topological polar surface area (TPSA) is 61.3 Å². The average molecular weight is 417 g/mol. The van der Waals surface area contributed by atoms with Crippen molar-refractivity contribution in [1.29, 1.82) is 0 Å². The number of aromatic nitrogens is 2. The number of pyridine rings is 1. The highest BCUT2D eigenvalue weighted by Gasteiger charge is 2.35. The van der Waals surface area contributed by atoms with E-state index in [1.165, 1.54) is 27.7 Å². The van der Waals surface area contributed by atoms with Crippen LogP contribution < -0.4 is 5.56 Å². The molecule has 1 saturated heterocycles. The smallest absolute Gasteiger partial charge is 0.250 e. The van der Waals surface area contributed by atoms with E-state index < -0.39 is 0 Å². The largest absolute Gasteiger partial charge is 0.358 e. The first-order chi connectivity index (χ1) is 15.0. The van der Waals surface area contributed by atoms with Gasteiger partial charge in [-0.15, -0.1) is 0 Å². The highest BCUT2D eigenvalue weighted by Crippen LogP contribution is 2.35. The van der Waals surface area contributed by atoms with Gasteiger partial charge in [-0.25, -0.2) is 0 Å². The first-order valence-corrected chi connectivity index (χ1v) is 11.3. The average Bonchev–Trinajstić information content (AvgIpc) is 3.11. The molecule has 1 N–H and O–H groups in total. The van der Waals surface area contributed by atoms with Gasteiger partial charge in [0.1, 0.15) is 0 Å². The number of rotatable bonds is 2. The summed E-state index contributed by atoms with van der Waals surface area (Å²) in [5, 5.41) is 1.25. The second-order valence-corrected chi connectivity index (χ2v) is 9.59. The lowest BCUT2D eigenvalue weighted by Crippen LogP contribution is -2.50. The Kier molecular flexibility index (Phi) is 4.32. The Labute approximate surface area is 181 Å². The molecule has 3 aliphatic rings. The van der Waals surface area contributed by atoms with Crippen molar-refractivity contribution in [3.05, 3.63) is 69.3 Å². The summed E-state index contributed by atoms with van der Waals surface area (Å²) in [6, 6.07) is 12.1. The fourth-order valence-electron chi connectivity index (χ4n) is 5.96. The van der Waals surface area contributed by atoms with Gasteiger partial charge in [-0.05, 0) is 37.5 Å². The number of benzene rings is 1. The molecule has 2 bridgehead atoms. The monoisotopic (exact) mass is 416 g/mol. The van der Waals surface area contributed by atoms with Crippen LogP contribution in [0.4, 0.5) is 0 Å². The molecule has 6 heteroatoms. The molecule has 1 aromatic carbocycles. The highest BCUT2D eigenvalue weighted by molar-refractivity contribution is 5.87. The zero-order valence-corrected chi connectivity index (χ0v) is 17.9. The van der Waals surface area contributed by atoms with Crippen LogP contribution in [0.2, 0.25) is 0 Å². The predicted molar refractivity (Wildman–Crippen MR) is 120 cm³/mol. The molecule has 1 amide bonds. The van der Waals surface area contributed by atoms with Crippen molar-refractivity contribution in [1.82, 2.24) is 19.4 Å². The number of amides is 1. The number of carbonyl (C=O) groups excluding carboxylic acids is 1. The van der Waals surface area contributed by atoms with Gasteiger partial charge in [0.05, 0.1) is 6.54 Å². The number of fused-ring (bicyclic) bond motifs is 7. The molecule has 0 saturated carbocycles. The highest BCUT2D eigenvalue weighted by atomic mass is 16.2. The van der Waals surface area contributed by atoms with Crippen LogP contribution in [-0.4, -0.2) is 51.4 Å². The second-order valence-electron chi connectivity index (χ2n) is 9.59. The van der Waals surface area contributed by atoms with Gasteiger partial charge in [-0.1, -0.05) is 17.7 Å². The Balaban J connectivity index is 1.18. The third-order valence-electron chi connectivity index (χ3n) is 7.40. The van der Waals surface area contributed by atoms with E-state index in [9.17, 15) is 9.59 Å². The van der Waals surface area contributed by atoms with Gasteiger partial charge in [-0.2, -0.15) is 0 Å². The zero-order chi connectivity index (χ0) is 21.1. The third kappa shape index (κ3) is 3.21. The molecule has 0 radical (unpaired) electrons. The fraction of sp³-hybridized carbons (Fsp3) is 0.440. The molecule has 6 rings (SSSR count). The van der Waals surface area contributed by atoms with Gasteiger partial charge in [0, 0.05) is 79.0 Å². The number of likely N-dealkylation sites (tertiary alicyclic amines) is 1.